The fourth-order valence-corrected chi connectivity index (χ4v) is 5.08. The SMILES string of the molecule is CCCC1=CC(c2cc(CCC)c(C=O)[nH]2)=N/C1=C\c1[nH]c(-c2cc(CCC)c(C=O)[nH]2)cc1CCC. The first-order valence-corrected chi connectivity index (χ1v) is 13.6. The first kappa shape index (κ1) is 26.4. The van der Waals surface area contributed by atoms with Gasteiger partial charge in [0.05, 0.1) is 39.9 Å². The number of aldehydes is 2. The van der Waals surface area contributed by atoms with E-state index in [0.29, 0.717) is 11.4 Å². The molecule has 1 aliphatic rings. The van der Waals surface area contributed by atoms with Gasteiger partial charge in [-0.05, 0) is 78.3 Å². The number of aryl methyl sites for hydroxylation is 3. The molecule has 3 N–H and O–H groups in total. The average Bonchev–Trinajstić information content (AvgIpc) is 3.66. The number of aromatic amines is 3. The number of aromatic nitrogens is 3. The lowest BCUT2D eigenvalue weighted by Gasteiger charge is -2.03. The standard InChI is InChI=1S/C31H38N4O2/c1-5-9-20-13-26(28-15-22(11-7-3)30(18-36)34-28)32-24(20)17-25-21(10-6-2)14-27(33-25)29-16-23(12-8-4)31(19-37)35-29/h13-19,32,34-35H,5-12H2,1-4H3/b25-17-. The van der Waals surface area contributed by atoms with E-state index in [1.54, 1.807) is 0 Å². The minimum atomic E-state index is 0.643. The fraction of sp³-hybridized carbons (Fsp3) is 0.387. The van der Waals surface area contributed by atoms with Gasteiger partial charge in [-0.25, -0.2) is 4.99 Å². The van der Waals surface area contributed by atoms with E-state index in [9.17, 15) is 9.59 Å². The van der Waals surface area contributed by atoms with Crippen LogP contribution >= 0.6 is 0 Å². The molecule has 4 heterocycles. The van der Waals surface area contributed by atoms with Crippen LogP contribution in [0.15, 0.2) is 40.5 Å². The summed E-state index contributed by atoms with van der Waals surface area (Å²) in [6.07, 6.45) is 13.7. The average molecular weight is 499 g/mol. The van der Waals surface area contributed by atoms with Gasteiger partial charge in [-0.1, -0.05) is 53.4 Å². The molecule has 194 valence electrons. The summed E-state index contributed by atoms with van der Waals surface area (Å²) in [5, 5.41) is 0. The lowest BCUT2D eigenvalue weighted by atomic mass is 10.0. The predicted molar refractivity (Wildman–Crippen MR) is 152 cm³/mol. The highest BCUT2D eigenvalue weighted by molar-refractivity contribution is 6.12. The molecule has 6 heteroatoms. The second-order valence-corrected chi connectivity index (χ2v) is 9.80. The molecule has 0 radical (unpaired) electrons. The van der Waals surface area contributed by atoms with Crippen LogP contribution in [0.3, 0.4) is 0 Å². The molecule has 3 aromatic rings. The molecule has 0 atom stereocenters. The number of rotatable bonds is 13. The smallest absolute Gasteiger partial charge is 0.166 e. The molecule has 0 aliphatic carbocycles. The lowest BCUT2D eigenvalue weighted by Crippen LogP contribution is -1.94. The molecule has 0 aromatic carbocycles. The summed E-state index contributed by atoms with van der Waals surface area (Å²) in [6.45, 7) is 8.59. The molecule has 0 saturated carbocycles. The Morgan fingerprint density at radius 1 is 0.649 bits per heavy atom. The highest BCUT2D eigenvalue weighted by Gasteiger charge is 2.20. The number of nitrogens with one attached hydrogen (secondary N) is 3. The molecule has 0 unspecified atom stereocenters. The van der Waals surface area contributed by atoms with Gasteiger partial charge in [-0.15, -0.1) is 0 Å². The number of hydrogen-bond donors (Lipinski definition) is 3. The molecule has 37 heavy (non-hydrogen) atoms. The van der Waals surface area contributed by atoms with Crippen molar-refractivity contribution in [1.82, 2.24) is 15.0 Å². The minimum absolute atomic E-state index is 0.643. The Morgan fingerprint density at radius 2 is 1.11 bits per heavy atom. The van der Waals surface area contributed by atoms with Crippen molar-refractivity contribution in [3.63, 3.8) is 0 Å². The van der Waals surface area contributed by atoms with Crippen LogP contribution in [-0.2, 0) is 19.3 Å². The summed E-state index contributed by atoms with van der Waals surface area (Å²) >= 11 is 0. The van der Waals surface area contributed by atoms with Gasteiger partial charge in [0.15, 0.2) is 12.6 Å². The summed E-state index contributed by atoms with van der Waals surface area (Å²) in [5.74, 6) is 0. The predicted octanol–water partition coefficient (Wildman–Crippen LogP) is 7.39. The van der Waals surface area contributed by atoms with Crippen LogP contribution in [0.1, 0.15) is 109 Å². The number of nitrogens with zero attached hydrogens (tertiary/aromatic N) is 1. The van der Waals surface area contributed by atoms with Gasteiger partial charge in [0, 0.05) is 5.69 Å². The van der Waals surface area contributed by atoms with Crippen molar-refractivity contribution in [2.45, 2.75) is 79.1 Å². The van der Waals surface area contributed by atoms with Crippen LogP contribution in [0.2, 0.25) is 0 Å². The quantitative estimate of drug-likeness (QED) is 0.214. The van der Waals surface area contributed by atoms with E-state index in [0.717, 1.165) is 109 Å². The Labute approximate surface area is 219 Å². The summed E-state index contributed by atoms with van der Waals surface area (Å²) in [7, 11) is 0. The van der Waals surface area contributed by atoms with E-state index in [4.69, 9.17) is 4.99 Å². The largest absolute Gasteiger partial charge is 0.354 e. The molecular formula is C31H38N4O2. The van der Waals surface area contributed by atoms with Gasteiger partial charge in [0.2, 0.25) is 0 Å². The lowest BCUT2D eigenvalue weighted by molar-refractivity contribution is 0.111. The molecule has 3 aromatic heterocycles. The van der Waals surface area contributed by atoms with Crippen LogP contribution in [-0.4, -0.2) is 33.2 Å². The second kappa shape index (κ2) is 12.0. The van der Waals surface area contributed by atoms with Crippen LogP contribution in [0, 0.1) is 0 Å². The van der Waals surface area contributed by atoms with Crippen molar-refractivity contribution >= 4 is 24.4 Å². The third-order valence-corrected chi connectivity index (χ3v) is 6.84. The van der Waals surface area contributed by atoms with E-state index < -0.39 is 0 Å². The Kier molecular flexibility index (Phi) is 8.59. The van der Waals surface area contributed by atoms with E-state index in [1.165, 1.54) is 11.1 Å². The number of allylic oxidation sites excluding steroid dienone is 2. The van der Waals surface area contributed by atoms with Crippen molar-refractivity contribution in [3.05, 3.63) is 75.0 Å². The van der Waals surface area contributed by atoms with E-state index in [2.05, 4.69) is 73.0 Å². The minimum Gasteiger partial charge on any atom is -0.354 e. The van der Waals surface area contributed by atoms with Gasteiger partial charge < -0.3 is 15.0 Å². The Morgan fingerprint density at radius 3 is 1.62 bits per heavy atom. The number of hydrogen-bond acceptors (Lipinski definition) is 3. The molecule has 0 fully saturated rings. The highest BCUT2D eigenvalue weighted by Crippen LogP contribution is 2.31. The molecular weight excluding hydrogens is 460 g/mol. The molecule has 1 aliphatic heterocycles. The summed E-state index contributed by atoms with van der Waals surface area (Å²) in [6, 6.07) is 6.34. The molecule has 4 rings (SSSR count). The second-order valence-electron chi connectivity index (χ2n) is 9.80. The first-order valence-electron chi connectivity index (χ1n) is 13.6. The number of H-pyrrole nitrogens is 3. The number of carbonyl (C=O) groups is 2. The van der Waals surface area contributed by atoms with Gasteiger partial charge in [-0.3, -0.25) is 9.59 Å². The third kappa shape index (κ3) is 5.68. The molecule has 6 nitrogen and oxygen atoms in total. The summed E-state index contributed by atoms with van der Waals surface area (Å²) in [5.41, 5.74) is 11.5. The van der Waals surface area contributed by atoms with Gasteiger partial charge >= 0.3 is 0 Å². The van der Waals surface area contributed by atoms with Crippen molar-refractivity contribution in [2.24, 2.45) is 4.99 Å². The van der Waals surface area contributed by atoms with E-state index in [1.807, 2.05) is 0 Å². The molecule has 0 bridgehead atoms. The van der Waals surface area contributed by atoms with Crippen LogP contribution in [0.4, 0.5) is 0 Å². The van der Waals surface area contributed by atoms with E-state index in [-0.39, 0.29) is 0 Å². The zero-order valence-corrected chi connectivity index (χ0v) is 22.5. The van der Waals surface area contributed by atoms with Gasteiger partial charge in [-0.2, -0.15) is 0 Å². The third-order valence-electron chi connectivity index (χ3n) is 6.84. The van der Waals surface area contributed by atoms with Crippen molar-refractivity contribution in [3.8, 4) is 11.4 Å². The monoisotopic (exact) mass is 498 g/mol. The zero-order chi connectivity index (χ0) is 26.4. The van der Waals surface area contributed by atoms with Crippen molar-refractivity contribution in [2.75, 3.05) is 0 Å². The maximum atomic E-state index is 11.6. The summed E-state index contributed by atoms with van der Waals surface area (Å²) < 4.78 is 0. The molecule has 0 spiro atoms. The normalized spacial score (nSPS) is 14.3. The Hall–Kier alpha value is -3.67. The summed E-state index contributed by atoms with van der Waals surface area (Å²) in [4.78, 5) is 38.3. The first-order chi connectivity index (χ1) is 18.0. The number of aliphatic imine (C=N–C) groups is 1. The molecule has 0 saturated heterocycles. The van der Waals surface area contributed by atoms with Gasteiger partial charge in [0.1, 0.15) is 0 Å². The van der Waals surface area contributed by atoms with Crippen molar-refractivity contribution < 1.29 is 9.59 Å². The van der Waals surface area contributed by atoms with E-state index >= 15 is 0 Å². The zero-order valence-electron chi connectivity index (χ0n) is 22.5. The molecule has 0 amide bonds. The Balaban J connectivity index is 1.74. The Bertz CT molecular complexity index is 1360. The maximum Gasteiger partial charge on any atom is 0.166 e. The van der Waals surface area contributed by atoms with Gasteiger partial charge in [0.25, 0.3) is 0 Å². The van der Waals surface area contributed by atoms with Crippen LogP contribution in [0.5, 0.6) is 0 Å². The number of carbonyl (C=O) groups excluding carboxylic acids is 2. The topological polar surface area (TPSA) is 93.9 Å². The highest BCUT2D eigenvalue weighted by atomic mass is 16.1. The fourth-order valence-electron chi connectivity index (χ4n) is 5.08. The van der Waals surface area contributed by atoms with Crippen LogP contribution < -0.4 is 0 Å². The maximum absolute atomic E-state index is 11.6. The van der Waals surface area contributed by atoms with Crippen molar-refractivity contribution in [1.29, 1.82) is 0 Å². The van der Waals surface area contributed by atoms with Crippen LogP contribution in [0.25, 0.3) is 17.5 Å².